The van der Waals surface area contributed by atoms with Gasteiger partial charge >= 0.3 is 5.97 Å². The average Bonchev–Trinajstić information content (AvgIpc) is 3.09. The Morgan fingerprint density at radius 3 is 2.39 bits per heavy atom. The van der Waals surface area contributed by atoms with Crippen molar-refractivity contribution in [1.82, 2.24) is 0 Å². The lowest BCUT2D eigenvalue weighted by atomic mass is 9.44. The molecule has 0 heterocycles. The summed E-state index contributed by atoms with van der Waals surface area (Å²) in [5.74, 6) is 3.44. The normalized spacial score (nSPS) is 43.9. The highest BCUT2D eigenvalue weighted by Gasteiger charge is 2.63. The van der Waals surface area contributed by atoms with Crippen molar-refractivity contribution in [2.24, 2.45) is 46.3 Å². The second kappa shape index (κ2) is 9.08. The quantitative estimate of drug-likeness (QED) is 0.319. The van der Waals surface area contributed by atoms with Crippen LogP contribution in [0, 0.1) is 46.3 Å². The number of ketones is 1. The Balaban J connectivity index is 1.49. The van der Waals surface area contributed by atoms with Gasteiger partial charge in [-0.25, -0.2) is 0 Å². The second-order valence-corrected chi connectivity index (χ2v) is 18.0. The molecule has 4 fully saturated rings. The first-order valence-electron chi connectivity index (χ1n) is 13.7. The lowest BCUT2D eigenvalue weighted by molar-refractivity contribution is -0.160. The third-order valence-corrected chi connectivity index (χ3v) is 11.8. The fourth-order valence-electron chi connectivity index (χ4n) is 9.12. The lowest BCUT2D eigenvalue weighted by Gasteiger charge is -2.60. The van der Waals surface area contributed by atoms with Gasteiger partial charge < -0.3 is 9.16 Å². The molecule has 0 aliphatic heterocycles. The van der Waals surface area contributed by atoms with E-state index in [2.05, 4.69) is 40.4 Å². The molecule has 33 heavy (non-hydrogen) atoms. The molecule has 4 saturated carbocycles. The average molecular weight is 477 g/mol. The first-order chi connectivity index (χ1) is 15.4. The number of hydrogen-bond donors (Lipinski definition) is 0. The van der Waals surface area contributed by atoms with E-state index < -0.39 is 8.32 Å². The zero-order valence-electron chi connectivity index (χ0n) is 22.2. The number of carbonyl (C=O) groups excluding carboxylic acids is 2. The van der Waals surface area contributed by atoms with E-state index in [1.165, 1.54) is 45.6 Å². The molecule has 4 aliphatic carbocycles. The van der Waals surface area contributed by atoms with Gasteiger partial charge in [0.15, 0.2) is 8.32 Å². The Bertz CT molecular complexity index is 759. The first kappa shape index (κ1) is 25.4. The Labute approximate surface area is 203 Å². The third-order valence-electron chi connectivity index (χ3n) is 10.7. The van der Waals surface area contributed by atoms with Crippen molar-refractivity contribution in [1.29, 1.82) is 0 Å². The summed E-state index contributed by atoms with van der Waals surface area (Å²) in [7, 11) is -0.0731. The maximum absolute atomic E-state index is 13.7. The molecule has 0 aromatic heterocycles. The molecule has 4 rings (SSSR count). The smallest absolute Gasteiger partial charge is 0.305 e. The summed E-state index contributed by atoms with van der Waals surface area (Å²) in [5.41, 5.74) is 0.543. The van der Waals surface area contributed by atoms with Gasteiger partial charge in [0.05, 0.1) is 7.11 Å². The van der Waals surface area contributed by atoms with E-state index in [-0.39, 0.29) is 17.3 Å². The molecule has 0 amide bonds. The van der Waals surface area contributed by atoms with Gasteiger partial charge in [-0.2, -0.15) is 0 Å². The fraction of sp³-hybridized carbons (Fsp3) is 0.929. The van der Waals surface area contributed by atoms with Crippen LogP contribution in [0.25, 0.3) is 0 Å². The van der Waals surface area contributed by atoms with Gasteiger partial charge in [0.2, 0.25) is 0 Å². The van der Waals surface area contributed by atoms with E-state index in [4.69, 9.17) is 9.16 Å². The Kier molecular flexibility index (Phi) is 6.99. The molecule has 9 atom stereocenters. The van der Waals surface area contributed by atoms with Gasteiger partial charge in [0.1, 0.15) is 5.78 Å². The number of fused-ring (bicyclic) bond motifs is 5. The van der Waals surface area contributed by atoms with Crippen molar-refractivity contribution < 1.29 is 18.8 Å². The van der Waals surface area contributed by atoms with Crippen molar-refractivity contribution in [3.8, 4) is 0 Å². The number of hydrogen-bond acceptors (Lipinski definition) is 4. The van der Waals surface area contributed by atoms with Gasteiger partial charge in [-0.05, 0) is 111 Å². The zero-order valence-corrected chi connectivity index (χ0v) is 23.2. The van der Waals surface area contributed by atoms with Crippen LogP contribution in [0.1, 0.15) is 85.0 Å². The van der Waals surface area contributed by atoms with Crippen LogP contribution in [-0.4, -0.2) is 33.3 Å². The minimum Gasteiger partial charge on any atom is -0.469 e. The largest absolute Gasteiger partial charge is 0.469 e. The Morgan fingerprint density at radius 2 is 1.73 bits per heavy atom. The van der Waals surface area contributed by atoms with Crippen LogP contribution in [0.15, 0.2) is 0 Å². The molecule has 0 N–H and O–H groups in total. The summed E-state index contributed by atoms with van der Waals surface area (Å²) in [6.07, 6.45) is 10.9. The number of Topliss-reactive ketones (excluding diaryl/α,β-unsaturated/α-hetero) is 1. The second-order valence-electron chi connectivity index (χ2n) is 13.6. The monoisotopic (exact) mass is 476 g/mol. The fourth-order valence-corrected chi connectivity index (χ4v) is 10.3. The predicted octanol–water partition coefficient (Wildman–Crippen LogP) is 6.63. The summed E-state index contributed by atoms with van der Waals surface area (Å²) in [4.78, 5) is 25.5. The minimum atomic E-state index is -1.55. The van der Waals surface area contributed by atoms with E-state index in [0.717, 1.165) is 19.3 Å². The number of rotatable bonds is 6. The summed E-state index contributed by atoms with van der Waals surface area (Å²) >= 11 is 0. The van der Waals surface area contributed by atoms with Crippen LogP contribution < -0.4 is 0 Å². The molecule has 0 bridgehead atoms. The van der Waals surface area contributed by atoms with Gasteiger partial charge in [-0.1, -0.05) is 20.8 Å². The maximum atomic E-state index is 13.7. The van der Waals surface area contributed by atoms with Crippen molar-refractivity contribution in [2.75, 3.05) is 7.11 Å². The van der Waals surface area contributed by atoms with Crippen molar-refractivity contribution >= 4 is 20.1 Å². The van der Waals surface area contributed by atoms with E-state index in [1.54, 1.807) is 0 Å². The number of esters is 1. The minimum absolute atomic E-state index is 0.0969. The van der Waals surface area contributed by atoms with Crippen LogP contribution in [0.5, 0.6) is 0 Å². The molecule has 0 saturated heterocycles. The van der Waals surface area contributed by atoms with E-state index in [0.29, 0.717) is 53.3 Å². The topological polar surface area (TPSA) is 52.6 Å². The van der Waals surface area contributed by atoms with Gasteiger partial charge in [-0.15, -0.1) is 0 Å². The number of methoxy groups -OCH3 is 1. The first-order valence-corrected chi connectivity index (χ1v) is 17.1. The number of ether oxygens (including phenoxy) is 1. The summed E-state index contributed by atoms with van der Waals surface area (Å²) < 4.78 is 11.4. The molecule has 4 aliphatic rings. The highest BCUT2D eigenvalue weighted by atomic mass is 28.4. The standard InChI is InChI=1S/C28H48O4Si/c1-18(8-11-25(30)31-4)21-9-10-22-26-23(13-15-28(21,22)3)27(2)14-12-20(32-33(5,6)7)16-19(27)17-24(26)29/h18-23,26H,8-17H2,1-7H3/t18-,19?,20-,21?,22?,23?,26?,27+,28-/m1/s1. The molecule has 0 aromatic carbocycles. The van der Waals surface area contributed by atoms with Crippen LogP contribution in [-0.2, 0) is 18.8 Å². The van der Waals surface area contributed by atoms with Crippen molar-refractivity contribution in [3.63, 3.8) is 0 Å². The van der Waals surface area contributed by atoms with Gasteiger partial charge in [0, 0.05) is 24.9 Å². The van der Waals surface area contributed by atoms with Crippen LogP contribution in [0.4, 0.5) is 0 Å². The molecule has 4 nitrogen and oxygen atoms in total. The Morgan fingerprint density at radius 1 is 1.06 bits per heavy atom. The zero-order chi connectivity index (χ0) is 24.2. The van der Waals surface area contributed by atoms with Gasteiger partial charge in [-0.3, -0.25) is 9.59 Å². The molecule has 0 radical (unpaired) electrons. The Hall–Kier alpha value is -0.683. The van der Waals surface area contributed by atoms with Gasteiger partial charge in [0.25, 0.3) is 0 Å². The molecule has 5 heteroatoms. The molecule has 0 spiro atoms. The highest BCUT2D eigenvalue weighted by Crippen LogP contribution is 2.67. The molecular formula is C28H48O4Si. The lowest BCUT2D eigenvalue weighted by Crippen LogP contribution is -2.57. The van der Waals surface area contributed by atoms with Crippen LogP contribution in [0.2, 0.25) is 19.6 Å². The SMILES string of the molecule is COC(=O)CC[C@@H](C)C1CCC2C3C(=O)CC4C[C@H](O[Si](C)(C)C)CC[C@]4(C)C3CC[C@@]21C. The summed E-state index contributed by atoms with van der Waals surface area (Å²) in [6, 6.07) is 0. The van der Waals surface area contributed by atoms with Crippen molar-refractivity contribution in [2.45, 2.75) is 111 Å². The number of carbonyl (C=O) groups is 2. The van der Waals surface area contributed by atoms with E-state index in [9.17, 15) is 9.59 Å². The van der Waals surface area contributed by atoms with Crippen molar-refractivity contribution in [3.05, 3.63) is 0 Å². The molecule has 0 aromatic rings. The molecule has 5 unspecified atom stereocenters. The maximum Gasteiger partial charge on any atom is 0.305 e. The van der Waals surface area contributed by atoms with E-state index >= 15 is 0 Å². The summed E-state index contributed by atoms with van der Waals surface area (Å²) in [6.45, 7) is 14.2. The van der Waals surface area contributed by atoms with E-state index in [1.807, 2.05) is 0 Å². The molecular weight excluding hydrogens is 428 g/mol. The molecule has 188 valence electrons. The van der Waals surface area contributed by atoms with Crippen LogP contribution in [0.3, 0.4) is 0 Å². The highest BCUT2D eigenvalue weighted by molar-refractivity contribution is 6.69. The third kappa shape index (κ3) is 4.62. The predicted molar refractivity (Wildman–Crippen MR) is 134 cm³/mol. The summed E-state index contributed by atoms with van der Waals surface area (Å²) in [5, 5.41) is 0. The van der Waals surface area contributed by atoms with Crippen LogP contribution >= 0.6 is 0 Å².